The Morgan fingerprint density at radius 3 is 2.73 bits per heavy atom. The van der Waals surface area contributed by atoms with E-state index in [2.05, 4.69) is 5.16 Å². The van der Waals surface area contributed by atoms with Crippen LogP contribution in [0, 0.1) is 13.8 Å². The Morgan fingerprint density at radius 2 is 2.14 bits per heavy atom. The predicted octanol–water partition coefficient (Wildman–Crippen LogP) is 2.38. The minimum Gasteiger partial charge on any atom is -0.493 e. The number of benzene rings is 1. The van der Waals surface area contributed by atoms with Gasteiger partial charge in [-0.25, -0.2) is 0 Å². The van der Waals surface area contributed by atoms with Gasteiger partial charge in [-0.3, -0.25) is 4.79 Å². The molecule has 0 fully saturated rings. The second kappa shape index (κ2) is 6.80. The molecule has 6 heteroatoms. The number of nitrogens with two attached hydrogens (primary N) is 1. The molecule has 22 heavy (non-hydrogen) atoms. The van der Waals surface area contributed by atoms with Crippen molar-refractivity contribution in [3.05, 3.63) is 46.9 Å². The maximum absolute atomic E-state index is 10.8. The molecule has 0 radical (unpaired) electrons. The third-order valence-electron chi connectivity index (χ3n) is 3.18. The van der Waals surface area contributed by atoms with Gasteiger partial charge in [0.05, 0.1) is 18.4 Å². The minimum atomic E-state index is -0.502. The van der Waals surface area contributed by atoms with Crippen LogP contribution < -0.4 is 15.2 Å². The molecular formula is C16H18N2O4. The lowest BCUT2D eigenvalue weighted by atomic mass is 10.2. The van der Waals surface area contributed by atoms with Gasteiger partial charge < -0.3 is 19.7 Å². The van der Waals surface area contributed by atoms with Crippen LogP contribution in [0.15, 0.2) is 28.8 Å². The van der Waals surface area contributed by atoms with Crippen molar-refractivity contribution in [2.75, 3.05) is 7.11 Å². The number of carbonyl (C=O) groups excluding carboxylic acids is 1. The highest BCUT2D eigenvalue weighted by Gasteiger charge is 2.11. The first-order chi connectivity index (χ1) is 10.5. The normalized spacial score (nSPS) is 10.9. The summed E-state index contributed by atoms with van der Waals surface area (Å²) in [6.07, 6.45) is 2.90. The van der Waals surface area contributed by atoms with Gasteiger partial charge >= 0.3 is 0 Å². The first-order valence-electron chi connectivity index (χ1n) is 6.71. The number of rotatable bonds is 6. The highest BCUT2D eigenvalue weighted by molar-refractivity contribution is 5.90. The number of amides is 1. The monoisotopic (exact) mass is 302 g/mol. The van der Waals surface area contributed by atoms with E-state index in [9.17, 15) is 4.79 Å². The molecule has 0 bridgehead atoms. The molecule has 0 aliphatic carbocycles. The smallest absolute Gasteiger partial charge is 0.241 e. The topological polar surface area (TPSA) is 87.6 Å². The van der Waals surface area contributed by atoms with E-state index in [0.29, 0.717) is 18.1 Å². The molecule has 0 spiro atoms. The summed E-state index contributed by atoms with van der Waals surface area (Å²) in [6.45, 7) is 4.05. The van der Waals surface area contributed by atoms with Crippen LogP contribution in [0.4, 0.5) is 0 Å². The van der Waals surface area contributed by atoms with Gasteiger partial charge in [0.2, 0.25) is 5.91 Å². The van der Waals surface area contributed by atoms with E-state index in [1.54, 1.807) is 25.3 Å². The van der Waals surface area contributed by atoms with Crippen LogP contribution >= 0.6 is 0 Å². The number of nitrogens with zero attached hydrogens (tertiary/aromatic N) is 1. The van der Waals surface area contributed by atoms with Gasteiger partial charge in [-0.2, -0.15) is 0 Å². The van der Waals surface area contributed by atoms with E-state index in [0.717, 1.165) is 22.6 Å². The van der Waals surface area contributed by atoms with Gasteiger partial charge in [0.1, 0.15) is 12.4 Å². The Labute approximate surface area is 128 Å². The molecule has 1 aromatic heterocycles. The zero-order valence-corrected chi connectivity index (χ0v) is 12.8. The van der Waals surface area contributed by atoms with E-state index in [1.807, 2.05) is 19.9 Å². The largest absolute Gasteiger partial charge is 0.493 e. The van der Waals surface area contributed by atoms with Crippen molar-refractivity contribution in [3.63, 3.8) is 0 Å². The van der Waals surface area contributed by atoms with Crippen molar-refractivity contribution in [2.24, 2.45) is 5.73 Å². The average molecular weight is 302 g/mol. The van der Waals surface area contributed by atoms with Gasteiger partial charge in [0, 0.05) is 6.08 Å². The predicted molar refractivity (Wildman–Crippen MR) is 81.5 cm³/mol. The molecule has 0 unspecified atom stereocenters. The van der Waals surface area contributed by atoms with E-state index in [-0.39, 0.29) is 0 Å². The Morgan fingerprint density at radius 1 is 1.36 bits per heavy atom. The number of ether oxygens (including phenoxy) is 2. The number of hydrogen-bond donors (Lipinski definition) is 1. The van der Waals surface area contributed by atoms with Crippen LogP contribution in [0.1, 0.15) is 22.6 Å². The number of aromatic nitrogens is 1. The zero-order chi connectivity index (χ0) is 16.1. The number of primary amides is 1. The summed E-state index contributed by atoms with van der Waals surface area (Å²) >= 11 is 0. The van der Waals surface area contributed by atoms with Crippen LogP contribution in [-0.2, 0) is 11.4 Å². The first kappa shape index (κ1) is 15.6. The van der Waals surface area contributed by atoms with Crippen molar-refractivity contribution < 1.29 is 18.8 Å². The second-order valence-electron chi connectivity index (χ2n) is 4.74. The lowest BCUT2D eigenvalue weighted by Gasteiger charge is -2.11. The molecule has 0 aliphatic rings. The van der Waals surface area contributed by atoms with Crippen molar-refractivity contribution in [2.45, 2.75) is 20.5 Å². The molecule has 2 rings (SSSR count). The van der Waals surface area contributed by atoms with Gasteiger partial charge in [-0.15, -0.1) is 0 Å². The van der Waals surface area contributed by atoms with Crippen molar-refractivity contribution in [3.8, 4) is 11.5 Å². The summed E-state index contributed by atoms with van der Waals surface area (Å²) in [7, 11) is 1.56. The van der Waals surface area contributed by atoms with Crippen LogP contribution in [-0.4, -0.2) is 18.2 Å². The van der Waals surface area contributed by atoms with Crippen LogP contribution in [0.25, 0.3) is 6.08 Å². The Balaban J connectivity index is 2.16. The first-order valence-corrected chi connectivity index (χ1v) is 6.71. The fraction of sp³-hybridized carbons (Fsp3) is 0.250. The molecule has 1 aromatic carbocycles. The number of methoxy groups -OCH3 is 1. The standard InChI is InChI=1S/C16H18N2O4/c1-10-13(11(2)22-18-10)9-21-14-6-4-12(5-7-16(17)19)8-15(14)20-3/h4-8H,9H2,1-3H3,(H2,17,19). The van der Waals surface area contributed by atoms with E-state index in [1.165, 1.54) is 6.08 Å². The summed E-state index contributed by atoms with van der Waals surface area (Å²) in [5.41, 5.74) is 7.59. The molecule has 2 N–H and O–H groups in total. The van der Waals surface area contributed by atoms with Gasteiger partial charge in [-0.1, -0.05) is 11.2 Å². The van der Waals surface area contributed by atoms with Crippen LogP contribution in [0.5, 0.6) is 11.5 Å². The maximum atomic E-state index is 10.8. The van der Waals surface area contributed by atoms with Crippen LogP contribution in [0.2, 0.25) is 0 Å². The minimum absolute atomic E-state index is 0.341. The molecule has 0 atom stereocenters. The number of hydrogen-bond acceptors (Lipinski definition) is 5. The summed E-state index contributed by atoms with van der Waals surface area (Å²) in [6, 6.07) is 5.35. The quantitative estimate of drug-likeness (QED) is 0.828. The summed E-state index contributed by atoms with van der Waals surface area (Å²) in [5, 5.41) is 3.89. The third kappa shape index (κ3) is 3.66. The fourth-order valence-electron chi connectivity index (χ4n) is 1.94. The highest BCUT2D eigenvalue weighted by Crippen LogP contribution is 2.29. The maximum Gasteiger partial charge on any atom is 0.241 e. The lowest BCUT2D eigenvalue weighted by molar-refractivity contribution is -0.113. The highest BCUT2D eigenvalue weighted by atomic mass is 16.5. The second-order valence-corrected chi connectivity index (χ2v) is 4.74. The van der Waals surface area contributed by atoms with Gasteiger partial charge in [-0.05, 0) is 37.6 Å². The van der Waals surface area contributed by atoms with Gasteiger partial charge in [0.25, 0.3) is 0 Å². The average Bonchev–Trinajstić information content (AvgIpc) is 2.82. The molecular weight excluding hydrogens is 284 g/mol. The van der Waals surface area contributed by atoms with Gasteiger partial charge in [0.15, 0.2) is 11.5 Å². The third-order valence-corrected chi connectivity index (χ3v) is 3.18. The van der Waals surface area contributed by atoms with Crippen molar-refractivity contribution in [1.82, 2.24) is 5.16 Å². The van der Waals surface area contributed by atoms with Crippen molar-refractivity contribution in [1.29, 1.82) is 0 Å². The Bertz CT molecular complexity index is 685. The van der Waals surface area contributed by atoms with Crippen LogP contribution in [0.3, 0.4) is 0 Å². The molecule has 0 aliphatic heterocycles. The Hall–Kier alpha value is -2.76. The lowest BCUT2D eigenvalue weighted by Crippen LogP contribution is -2.05. The Kier molecular flexibility index (Phi) is 4.83. The molecule has 6 nitrogen and oxygen atoms in total. The SMILES string of the molecule is COc1cc(C=CC(N)=O)ccc1OCc1c(C)noc1C. The molecule has 1 amide bonds. The molecule has 1 heterocycles. The summed E-state index contributed by atoms with van der Waals surface area (Å²) in [5.74, 6) is 1.40. The summed E-state index contributed by atoms with van der Waals surface area (Å²) < 4.78 is 16.2. The molecule has 116 valence electrons. The summed E-state index contributed by atoms with van der Waals surface area (Å²) in [4.78, 5) is 10.8. The van der Waals surface area contributed by atoms with E-state index < -0.39 is 5.91 Å². The number of aryl methyl sites for hydroxylation is 2. The molecule has 2 aromatic rings. The molecule has 0 saturated heterocycles. The fourth-order valence-corrected chi connectivity index (χ4v) is 1.94. The van der Waals surface area contributed by atoms with E-state index in [4.69, 9.17) is 19.7 Å². The molecule has 0 saturated carbocycles. The van der Waals surface area contributed by atoms with E-state index >= 15 is 0 Å². The zero-order valence-electron chi connectivity index (χ0n) is 12.8. The van der Waals surface area contributed by atoms with Crippen molar-refractivity contribution >= 4 is 12.0 Å². The number of carbonyl (C=O) groups is 1.